The van der Waals surface area contributed by atoms with Gasteiger partial charge < -0.3 is 5.32 Å². The lowest BCUT2D eigenvalue weighted by atomic mass is 10.4. The average Bonchev–Trinajstić information content (AvgIpc) is 2.36. The first kappa shape index (κ1) is 14.9. The largest absolute Gasteiger partial charge is 0.370 e. The minimum atomic E-state index is -3.40. The molecule has 0 spiro atoms. The highest BCUT2D eigenvalue weighted by Crippen LogP contribution is 2.17. The van der Waals surface area contributed by atoms with E-state index in [1.807, 2.05) is 20.8 Å². The lowest BCUT2D eigenvalue weighted by molar-refractivity contribution is 0.427. The predicted octanol–water partition coefficient (Wildman–Crippen LogP) is 1.93. The maximum atomic E-state index is 12.4. The molecule has 0 atom stereocenters. The number of hydrogen-bond acceptors (Lipinski definition) is 4. The van der Waals surface area contributed by atoms with Crippen LogP contribution in [-0.2, 0) is 10.0 Å². The Kier molecular flexibility index (Phi) is 5.55. The van der Waals surface area contributed by atoms with Gasteiger partial charge in [0.1, 0.15) is 5.82 Å². The van der Waals surface area contributed by atoms with Crippen LogP contribution in [-0.4, -0.2) is 37.3 Å². The van der Waals surface area contributed by atoms with E-state index in [2.05, 4.69) is 10.3 Å². The summed E-state index contributed by atoms with van der Waals surface area (Å²) in [6.45, 7) is 7.49. The van der Waals surface area contributed by atoms with Crippen LogP contribution in [0.1, 0.15) is 27.2 Å². The molecule has 0 amide bonds. The second-order valence-corrected chi connectivity index (χ2v) is 5.84. The Morgan fingerprint density at radius 3 is 2.61 bits per heavy atom. The summed E-state index contributed by atoms with van der Waals surface area (Å²) < 4.78 is 26.2. The average molecular weight is 271 g/mol. The van der Waals surface area contributed by atoms with Gasteiger partial charge in [0.05, 0.1) is 4.90 Å². The zero-order valence-electron chi connectivity index (χ0n) is 11.2. The van der Waals surface area contributed by atoms with E-state index in [0.29, 0.717) is 30.3 Å². The number of rotatable bonds is 7. The van der Waals surface area contributed by atoms with Crippen LogP contribution in [0.2, 0.25) is 0 Å². The minimum absolute atomic E-state index is 0.295. The van der Waals surface area contributed by atoms with Crippen molar-refractivity contribution in [3.8, 4) is 0 Å². The van der Waals surface area contributed by atoms with E-state index in [4.69, 9.17) is 0 Å². The molecule has 1 aromatic heterocycles. The molecule has 0 saturated carbocycles. The van der Waals surface area contributed by atoms with Gasteiger partial charge in [0, 0.05) is 31.9 Å². The van der Waals surface area contributed by atoms with E-state index in [1.165, 1.54) is 16.6 Å². The van der Waals surface area contributed by atoms with Crippen LogP contribution >= 0.6 is 0 Å². The van der Waals surface area contributed by atoms with Crippen LogP contribution in [0.4, 0.5) is 5.82 Å². The second kappa shape index (κ2) is 6.70. The quantitative estimate of drug-likeness (QED) is 0.823. The third kappa shape index (κ3) is 3.43. The first-order valence-electron chi connectivity index (χ1n) is 6.26. The molecule has 0 radical (unpaired) electrons. The molecule has 0 aliphatic carbocycles. The number of nitrogens with one attached hydrogen (secondary N) is 1. The molecule has 0 aliphatic heterocycles. The normalized spacial score (nSPS) is 11.8. The molecule has 1 rings (SSSR count). The number of nitrogens with zero attached hydrogens (tertiary/aromatic N) is 2. The third-order valence-corrected chi connectivity index (χ3v) is 4.52. The Bertz CT molecular complexity index is 474. The Balaban J connectivity index is 3.06. The summed E-state index contributed by atoms with van der Waals surface area (Å²) in [5, 5.41) is 3.01. The Morgan fingerprint density at radius 1 is 1.33 bits per heavy atom. The molecule has 1 aromatic rings. The molecular formula is C12H21N3O2S. The smallest absolute Gasteiger partial charge is 0.243 e. The first-order chi connectivity index (χ1) is 8.56. The van der Waals surface area contributed by atoms with E-state index in [0.717, 1.165) is 6.42 Å². The molecule has 1 heterocycles. The molecule has 0 saturated heterocycles. The van der Waals surface area contributed by atoms with Crippen molar-refractivity contribution in [1.82, 2.24) is 9.29 Å². The summed E-state index contributed by atoms with van der Waals surface area (Å²) >= 11 is 0. The van der Waals surface area contributed by atoms with Crippen molar-refractivity contribution in [2.75, 3.05) is 25.0 Å². The summed E-state index contributed by atoms with van der Waals surface area (Å²) in [5.41, 5.74) is 0. The zero-order valence-corrected chi connectivity index (χ0v) is 12.0. The van der Waals surface area contributed by atoms with E-state index in [-0.39, 0.29) is 0 Å². The molecule has 0 aliphatic rings. The fraction of sp³-hybridized carbons (Fsp3) is 0.583. The zero-order chi connectivity index (χ0) is 13.6. The van der Waals surface area contributed by atoms with Gasteiger partial charge in [0.15, 0.2) is 0 Å². The highest BCUT2D eigenvalue weighted by molar-refractivity contribution is 7.89. The van der Waals surface area contributed by atoms with Crippen LogP contribution < -0.4 is 5.32 Å². The molecule has 1 N–H and O–H groups in total. The lowest BCUT2D eigenvalue weighted by Gasteiger charge is -2.19. The molecule has 18 heavy (non-hydrogen) atoms. The fourth-order valence-corrected chi connectivity index (χ4v) is 3.25. The number of pyridine rings is 1. The van der Waals surface area contributed by atoms with Gasteiger partial charge in [-0.15, -0.1) is 0 Å². The van der Waals surface area contributed by atoms with Crippen LogP contribution in [0, 0.1) is 0 Å². The summed E-state index contributed by atoms with van der Waals surface area (Å²) in [5.74, 6) is 0.589. The van der Waals surface area contributed by atoms with Crippen molar-refractivity contribution in [2.45, 2.75) is 32.1 Å². The standard InChI is InChI=1S/C12H21N3O2S/c1-4-9-15(6-3)18(16,17)11-7-8-14-12(10-11)13-5-2/h7-8,10H,4-6,9H2,1-3H3,(H,13,14). The summed E-state index contributed by atoms with van der Waals surface area (Å²) in [6.07, 6.45) is 2.32. The monoisotopic (exact) mass is 271 g/mol. The second-order valence-electron chi connectivity index (χ2n) is 3.90. The molecule has 0 bridgehead atoms. The topological polar surface area (TPSA) is 62.3 Å². The first-order valence-corrected chi connectivity index (χ1v) is 7.70. The maximum absolute atomic E-state index is 12.4. The number of anilines is 1. The van der Waals surface area contributed by atoms with Crippen molar-refractivity contribution >= 4 is 15.8 Å². The van der Waals surface area contributed by atoms with Crippen molar-refractivity contribution in [3.63, 3.8) is 0 Å². The van der Waals surface area contributed by atoms with Gasteiger partial charge in [-0.25, -0.2) is 13.4 Å². The van der Waals surface area contributed by atoms with Crippen molar-refractivity contribution in [1.29, 1.82) is 0 Å². The van der Waals surface area contributed by atoms with Crippen molar-refractivity contribution in [2.24, 2.45) is 0 Å². The van der Waals surface area contributed by atoms with Crippen LogP contribution in [0.3, 0.4) is 0 Å². The predicted molar refractivity (Wildman–Crippen MR) is 73.1 cm³/mol. The Hall–Kier alpha value is -1.14. The highest BCUT2D eigenvalue weighted by Gasteiger charge is 2.22. The van der Waals surface area contributed by atoms with Gasteiger partial charge in [-0.1, -0.05) is 13.8 Å². The van der Waals surface area contributed by atoms with Crippen LogP contribution in [0.5, 0.6) is 0 Å². The van der Waals surface area contributed by atoms with Gasteiger partial charge in [0.2, 0.25) is 10.0 Å². The lowest BCUT2D eigenvalue weighted by Crippen LogP contribution is -2.31. The number of hydrogen-bond donors (Lipinski definition) is 1. The molecular weight excluding hydrogens is 250 g/mol. The summed E-state index contributed by atoms with van der Waals surface area (Å²) in [6, 6.07) is 3.12. The van der Waals surface area contributed by atoms with Gasteiger partial charge in [-0.2, -0.15) is 4.31 Å². The third-order valence-electron chi connectivity index (χ3n) is 2.55. The van der Waals surface area contributed by atoms with Crippen molar-refractivity contribution < 1.29 is 8.42 Å². The molecule has 0 fully saturated rings. The van der Waals surface area contributed by atoms with Gasteiger partial charge >= 0.3 is 0 Å². The van der Waals surface area contributed by atoms with E-state index >= 15 is 0 Å². The van der Waals surface area contributed by atoms with E-state index in [1.54, 1.807) is 6.07 Å². The fourth-order valence-electron chi connectivity index (χ4n) is 1.70. The minimum Gasteiger partial charge on any atom is -0.370 e. The highest BCUT2D eigenvalue weighted by atomic mass is 32.2. The van der Waals surface area contributed by atoms with E-state index in [9.17, 15) is 8.42 Å². The molecule has 0 unspecified atom stereocenters. The molecule has 6 heteroatoms. The Morgan fingerprint density at radius 2 is 2.06 bits per heavy atom. The number of aromatic nitrogens is 1. The number of sulfonamides is 1. The van der Waals surface area contributed by atoms with Gasteiger partial charge in [-0.3, -0.25) is 0 Å². The van der Waals surface area contributed by atoms with Crippen LogP contribution in [0.25, 0.3) is 0 Å². The molecule has 0 aromatic carbocycles. The summed E-state index contributed by atoms with van der Waals surface area (Å²) in [4.78, 5) is 4.37. The van der Waals surface area contributed by atoms with Crippen molar-refractivity contribution in [3.05, 3.63) is 18.3 Å². The molecule has 102 valence electrons. The summed E-state index contributed by atoms with van der Waals surface area (Å²) in [7, 11) is -3.40. The van der Waals surface area contributed by atoms with Gasteiger partial charge in [0.25, 0.3) is 0 Å². The van der Waals surface area contributed by atoms with Crippen LogP contribution in [0.15, 0.2) is 23.2 Å². The maximum Gasteiger partial charge on any atom is 0.243 e. The van der Waals surface area contributed by atoms with Gasteiger partial charge in [-0.05, 0) is 19.4 Å². The Labute approximate surface area is 109 Å². The van der Waals surface area contributed by atoms with E-state index < -0.39 is 10.0 Å². The molecule has 5 nitrogen and oxygen atoms in total. The SMILES string of the molecule is CCCN(CC)S(=O)(=O)c1ccnc(NCC)c1.